The second-order valence-electron chi connectivity index (χ2n) is 5.21. The van der Waals surface area contributed by atoms with Crippen molar-refractivity contribution in [2.75, 3.05) is 11.9 Å². The molecule has 1 aliphatic rings. The van der Waals surface area contributed by atoms with E-state index >= 15 is 0 Å². The van der Waals surface area contributed by atoms with Gasteiger partial charge in [-0.1, -0.05) is 31.7 Å². The van der Waals surface area contributed by atoms with Gasteiger partial charge in [0.1, 0.15) is 11.8 Å². The van der Waals surface area contributed by atoms with Gasteiger partial charge in [0.15, 0.2) is 6.61 Å². The zero-order chi connectivity index (χ0) is 14.2. The minimum Gasteiger partial charge on any atom is -0.479 e. The predicted octanol–water partition coefficient (Wildman–Crippen LogP) is 3.50. The summed E-state index contributed by atoms with van der Waals surface area (Å²) in [5.74, 6) is 1.38. The van der Waals surface area contributed by atoms with E-state index in [1.807, 2.05) is 12.1 Å². The standard InChI is InChI=1S/C16H20N2O2/c17-10-11-20-15-7-3-6-14(12-15)18-16(19)9-8-13-4-1-2-5-13/h3,6-7,12-13H,1-2,4-5,8-9,11H2,(H,18,19). The van der Waals surface area contributed by atoms with Crippen LogP contribution in [0.2, 0.25) is 0 Å². The van der Waals surface area contributed by atoms with Crippen molar-refractivity contribution in [3.8, 4) is 11.8 Å². The van der Waals surface area contributed by atoms with E-state index in [1.54, 1.807) is 18.2 Å². The Morgan fingerprint density at radius 2 is 2.20 bits per heavy atom. The smallest absolute Gasteiger partial charge is 0.224 e. The second kappa shape index (κ2) is 7.54. The first kappa shape index (κ1) is 14.4. The molecular formula is C16H20N2O2. The summed E-state index contributed by atoms with van der Waals surface area (Å²) in [6.45, 7) is 0.0130. The molecule has 0 bridgehead atoms. The Hall–Kier alpha value is -2.02. The fourth-order valence-corrected chi connectivity index (χ4v) is 2.64. The van der Waals surface area contributed by atoms with E-state index in [0.717, 1.165) is 18.0 Å². The molecule has 1 N–H and O–H groups in total. The fourth-order valence-electron chi connectivity index (χ4n) is 2.64. The van der Waals surface area contributed by atoms with Crippen LogP contribution >= 0.6 is 0 Å². The van der Waals surface area contributed by atoms with E-state index in [9.17, 15) is 4.79 Å². The van der Waals surface area contributed by atoms with Crippen molar-refractivity contribution in [1.29, 1.82) is 5.26 Å². The van der Waals surface area contributed by atoms with Crippen LogP contribution in [0.4, 0.5) is 5.69 Å². The third-order valence-corrected chi connectivity index (χ3v) is 3.68. The van der Waals surface area contributed by atoms with Gasteiger partial charge in [0.05, 0.1) is 0 Å². The molecular weight excluding hydrogens is 252 g/mol. The average molecular weight is 272 g/mol. The Labute approximate surface area is 119 Å². The van der Waals surface area contributed by atoms with Crippen molar-refractivity contribution < 1.29 is 9.53 Å². The molecule has 2 rings (SSSR count). The molecule has 20 heavy (non-hydrogen) atoms. The quantitative estimate of drug-likeness (QED) is 0.862. The molecule has 0 atom stereocenters. The van der Waals surface area contributed by atoms with Gasteiger partial charge in [0.25, 0.3) is 0 Å². The Kier molecular flexibility index (Phi) is 5.43. The maximum Gasteiger partial charge on any atom is 0.224 e. The van der Waals surface area contributed by atoms with Gasteiger partial charge in [-0.2, -0.15) is 5.26 Å². The maximum absolute atomic E-state index is 11.9. The van der Waals surface area contributed by atoms with Gasteiger partial charge in [-0.05, 0) is 24.5 Å². The van der Waals surface area contributed by atoms with Gasteiger partial charge in [0, 0.05) is 18.2 Å². The minimum atomic E-state index is 0.0130. The monoisotopic (exact) mass is 272 g/mol. The maximum atomic E-state index is 11.9. The SMILES string of the molecule is N#CCOc1cccc(NC(=O)CCC2CCCC2)c1. The molecule has 0 saturated heterocycles. The predicted molar refractivity (Wildman–Crippen MR) is 77.4 cm³/mol. The van der Waals surface area contributed by atoms with E-state index in [0.29, 0.717) is 12.2 Å². The second-order valence-corrected chi connectivity index (χ2v) is 5.21. The van der Waals surface area contributed by atoms with Crippen LogP contribution in [0.1, 0.15) is 38.5 Å². The van der Waals surface area contributed by atoms with Gasteiger partial charge in [-0.25, -0.2) is 0 Å². The molecule has 0 heterocycles. The number of anilines is 1. The number of nitrogens with one attached hydrogen (secondary N) is 1. The number of amides is 1. The summed E-state index contributed by atoms with van der Waals surface area (Å²) in [6, 6.07) is 9.06. The number of carbonyl (C=O) groups excluding carboxylic acids is 1. The highest BCUT2D eigenvalue weighted by Crippen LogP contribution is 2.28. The van der Waals surface area contributed by atoms with Gasteiger partial charge in [-0.15, -0.1) is 0 Å². The summed E-state index contributed by atoms with van der Waals surface area (Å²) >= 11 is 0. The van der Waals surface area contributed by atoms with E-state index in [4.69, 9.17) is 10.00 Å². The third kappa shape index (κ3) is 4.58. The van der Waals surface area contributed by atoms with Crippen LogP contribution in [-0.2, 0) is 4.79 Å². The molecule has 1 aromatic carbocycles. The molecule has 1 saturated carbocycles. The summed E-state index contributed by atoms with van der Waals surface area (Å²) in [6.07, 6.45) is 6.72. The number of rotatable bonds is 6. The number of benzene rings is 1. The van der Waals surface area contributed by atoms with Gasteiger partial charge in [-0.3, -0.25) is 4.79 Å². The largest absolute Gasteiger partial charge is 0.479 e. The van der Waals surface area contributed by atoms with E-state index < -0.39 is 0 Å². The van der Waals surface area contributed by atoms with Crippen molar-refractivity contribution in [2.45, 2.75) is 38.5 Å². The van der Waals surface area contributed by atoms with Crippen molar-refractivity contribution in [1.82, 2.24) is 0 Å². The minimum absolute atomic E-state index is 0.0130. The molecule has 4 heteroatoms. The number of nitrogens with zero attached hydrogens (tertiary/aromatic N) is 1. The molecule has 4 nitrogen and oxygen atoms in total. The Morgan fingerprint density at radius 1 is 1.40 bits per heavy atom. The van der Waals surface area contributed by atoms with Crippen LogP contribution in [0.5, 0.6) is 5.75 Å². The summed E-state index contributed by atoms with van der Waals surface area (Å²) in [5.41, 5.74) is 0.719. The number of carbonyl (C=O) groups is 1. The first-order valence-corrected chi connectivity index (χ1v) is 7.17. The number of hydrogen-bond donors (Lipinski definition) is 1. The highest BCUT2D eigenvalue weighted by atomic mass is 16.5. The summed E-state index contributed by atoms with van der Waals surface area (Å²) < 4.78 is 5.21. The van der Waals surface area contributed by atoms with E-state index in [-0.39, 0.29) is 12.5 Å². The van der Waals surface area contributed by atoms with Crippen LogP contribution < -0.4 is 10.1 Å². The topological polar surface area (TPSA) is 62.1 Å². The van der Waals surface area contributed by atoms with Crippen LogP contribution in [0.25, 0.3) is 0 Å². The van der Waals surface area contributed by atoms with Crippen molar-refractivity contribution in [3.63, 3.8) is 0 Å². The van der Waals surface area contributed by atoms with Crippen molar-refractivity contribution in [3.05, 3.63) is 24.3 Å². The molecule has 1 amide bonds. The summed E-state index contributed by atoms with van der Waals surface area (Å²) in [4.78, 5) is 11.9. The lowest BCUT2D eigenvalue weighted by Gasteiger charge is -2.10. The molecule has 1 aromatic rings. The van der Waals surface area contributed by atoms with Gasteiger partial charge >= 0.3 is 0 Å². The Bertz CT molecular complexity index is 487. The molecule has 106 valence electrons. The zero-order valence-electron chi connectivity index (χ0n) is 11.6. The first-order chi connectivity index (χ1) is 9.78. The first-order valence-electron chi connectivity index (χ1n) is 7.17. The van der Waals surface area contributed by atoms with Crippen LogP contribution in [0, 0.1) is 17.2 Å². The highest BCUT2D eigenvalue weighted by Gasteiger charge is 2.16. The van der Waals surface area contributed by atoms with Gasteiger partial charge < -0.3 is 10.1 Å². The van der Waals surface area contributed by atoms with Crippen molar-refractivity contribution >= 4 is 11.6 Å². The number of ether oxygens (including phenoxy) is 1. The lowest BCUT2D eigenvalue weighted by atomic mass is 10.0. The van der Waals surface area contributed by atoms with Crippen molar-refractivity contribution in [2.24, 2.45) is 5.92 Å². The molecule has 1 fully saturated rings. The van der Waals surface area contributed by atoms with Crippen LogP contribution in [0.3, 0.4) is 0 Å². The summed E-state index contributed by atoms with van der Waals surface area (Å²) in [5, 5.41) is 11.4. The number of nitriles is 1. The van der Waals surface area contributed by atoms with Crippen LogP contribution in [-0.4, -0.2) is 12.5 Å². The molecule has 0 spiro atoms. The normalized spacial score (nSPS) is 14.8. The third-order valence-electron chi connectivity index (χ3n) is 3.68. The average Bonchev–Trinajstić information content (AvgIpc) is 2.97. The van der Waals surface area contributed by atoms with E-state index in [1.165, 1.54) is 25.7 Å². The molecule has 0 aromatic heterocycles. The highest BCUT2D eigenvalue weighted by molar-refractivity contribution is 5.90. The molecule has 0 unspecified atom stereocenters. The summed E-state index contributed by atoms with van der Waals surface area (Å²) in [7, 11) is 0. The van der Waals surface area contributed by atoms with Gasteiger partial charge in [0.2, 0.25) is 5.91 Å². The van der Waals surface area contributed by atoms with E-state index in [2.05, 4.69) is 5.32 Å². The Balaban J connectivity index is 1.79. The molecule has 0 aliphatic heterocycles. The molecule has 1 aliphatic carbocycles. The molecule has 0 radical (unpaired) electrons. The Morgan fingerprint density at radius 3 is 2.95 bits per heavy atom. The fraction of sp³-hybridized carbons (Fsp3) is 0.500. The lowest BCUT2D eigenvalue weighted by Crippen LogP contribution is -2.12. The number of hydrogen-bond acceptors (Lipinski definition) is 3. The van der Waals surface area contributed by atoms with Crippen LogP contribution in [0.15, 0.2) is 24.3 Å². The lowest BCUT2D eigenvalue weighted by molar-refractivity contribution is -0.116. The zero-order valence-corrected chi connectivity index (χ0v) is 11.6.